The lowest BCUT2D eigenvalue weighted by molar-refractivity contribution is -0.137. The normalized spacial score (nSPS) is 11.2. The molecule has 0 radical (unpaired) electrons. The maximum Gasteiger partial charge on any atom is 0.416 e. The van der Waals surface area contributed by atoms with E-state index in [1.165, 1.54) is 31.2 Å². The molecule has 132 valence electrons. The predicted molar refractivity (Wildman–Crippen MR) is 87.2 cm³/mol. The molecule has 0 aliphatic rings. The van der Waals surface area contributed by atoms with Gasteiger partial charge in [-0.05, 0) is 36.4 Å². The Bertz CT molecular complexity index is 805. The Morgan fingerprint density at radius 1 is 1.12 bits per heavy atom. The number of Topliss-reactive ketones (excluding diaryl/α,β-unsaturated/α-hetero) is 1. The third kappa shape index (κ3) is 5.32. The molecule has 0 heterocycles. The van der Waals surface area contributed by atoms with Gasteiger partial charge in [0.25, 0.3) is 0 Å². The maximum atomic E-state index is 14.0. The summed E-state index contributed by atoms with van der Waals surface area (Å²) < 4.78 is 51.9. The first-order valence-electron chi connectivity index (χ1n) is 7.07. The van der Waals surface area contributed by atoms with E-state index in [1.807, 2.05) is 0 Å². The van der Waals surface area contributed by atoms with E-state index < -0.39 is 23.3 Å². The van der Waals surface area contributed by atoms with E-state index in [2.05, 4.69) is 5.32 Å². The van der Waals surface area contributed by atoms with Crippen LogP contribution in [0.3, 0.4) is 0 Å². The molecule has 0 aromatic heterocycles. The lowest BCUT2D eigenvalue weighted by atomic mass is 10.1. The summed E-state index contributed by atoms with van der Waals surface area (Å²) >= 11 is 0.891. The number of hydrogen-bond donors (Lipinski definition) is 1. The highest BCUT2D eigenvalue weighted by Crippen LogP contribution is 2.32. The standard InChI is InChI=1S/C17H13F4NO2S/c1-10(23)22-12-5-6-14(15(18)8-12)16(24)9-25-13-4-2-3-11(7-13)17(19,20)21/h2-8H,9H2,1H3,(H,22,23). The first kappa shape index (κ1) is 19.0. The van der Waals surface area contributed by atoms with Crippen LogP contribution >= 0.6 is 11.8 Å². The second-order valence-corrected chi connectivity index (χ2v) is 6.16. The minimum absolute atomic E-state index is 0.187. The molecule has 0 unspecified atom stereocenters. The van der Waals surface area contributed by atoms with Crippen molar-refractivity contribution < 1.29 is 27.2 Å². The number of rotatable bonds is 5. The SMILES string of the molecule is CC(=O)Nc1ccc(C(=O)CSc2cccc(C(F)(F)F)c2)c(F)c1. The summed E-state index contributed by atoms with van der Waals surface area (Å²) in [6.45, 7) is 1.27. The Balaban J connectivity index is 2.07. The lowest BCUT2D eigenvalue weighted by Crippen LogP contribution is -2.09. The molecule has 1 N–H and O–H groups in total. The van der Waals surface area contributed by atoms with Gasteiger partial charge in [-0.3, -0.25) is 9.59 Å². The molecule has 2 aromatic rings. The Hall–Kier alpha value is -2.35. The van der Waals surface area contributed by atoms with Crippen molar-refractivity contribution in [2.75, 3.05) is 11.1 Å². The number of ketones is 1. The van der Waals surface area contributed by atoms with Crippen LogP contribution < -0.4 is 5.32 Å². The molecule has 8 heteroatoms. The average molecular weight is 371 g/mol. The van der Waals surface area contributed by atoms with E-state index >= 15 is 0 Å². The number of carbonyl (C=O) groups is 2. The lowest BCUT2D eigenvalue weighted by Gasteiger charge is -2.09. The van der Waals surface area contributed by atoms with E-state index in [9.17, 15) is 27.2 Å². The number of amides is 1. The molecule has 1 amide bonds. The summed E-state index contributed by atoms with van der Waals surface area (Å²) in [6.07, 6.45) is -4.47. The van der Waals surface area contributed by atoms with Crippen LogP contribution in [-0.2, 0) is 11.0 Å². The van der Waals surface area contributed by atoms with Gasteiger partial charge in [0.2, 0.25) is 5.91 Å². The fraction of sp³-hybridized carbons (Fsp3) is 0.176. The van der Waals surface area contributed by atoms with Crippen molar-refractivity contribution in [1.82, 2.24) is 0 Å². The molecular formula is C17H13F4NO2S. The van der Waals surface area contributed by atoms with E-state index in [1.54, 1.807) is 0 Å². The number of anilines is 1. The van der Waals surface area contributed by atoms with Gasteiger partial charge in [-0.1, -0.05) is 6.07 Å². The number of benzene rings is 2. The summed E-state index contributed by atoms with van der Waals surface area (Å²) in [6, 6.07) is 8.20. The van der Waals surface area contributed by atoms with Crippen molar-refractivity contribution in [2.45, 2.75) is 18.0 Å². The second-order valence-electron chi connectivity index (χ2n) is 5.11. The molecule has 3 nitrogen and oxygen atoms in total. The molecule has 0 fully saturated rings. The van der Waals surface area contributed by atoms with Gasteiger partial charge in [0.15, 0.2) is 5.78 Å². The number of hydrogen-bond acceptors (Lipinski definition) is 3. The monoisotopic (exact) mass is 371 g/mol. The van der Waals surface area contributed by atoms with Crippen LogP contribution in [0, 0.1) is 5.82 Å². The fourth-order valence-electron chi connectivity index (χ4n) is 2.01. The van der Waals surface area contributed by atoms with E-state index in [0.29, 0.717) is 0 Å². The highest BCUT2D eigenvalue weighted by molar-refractivity contribution is 8.00. The van der Waals surface area contributed by atoms with Crippen LogP contribution in [0.2, 0.25) is 0 Å². The number of halogens is 4. The van der Waals surface area contributed by atoms with Gasteiger partial charge in [-0.15, -0.1) is 11.8 Å². The molecule has 2 rings (SSSR count). The first-order chi connectivity index (χ1) is 11.7. The molecule has 25 heavy (non-hydrogen) atoms. The van der Waals surface area contributed by atoms with Crippen LogP contribution in [0.5, 0.6) is 0 Å². The van der Waals surface area contributed by atoms with Crippen molar-refractivity contribution >= 4 is 29.1 Å². The fourth-order valence-corrected chi connectivity index (χ4v) is 2.85. The van der Waals surface area contributed by atoms with Gasteiger partial charge in [-0.25, -0.2) is 4.39 Å². The molecule has 0 bridgehead atoms. The zero-order chi connectivity index (χ0) is 18.6. The third-order valence-electron chi connectivity index (χ3n) is 3.12. The molecule has 0 atom stereocenters. The summed E-state index contributed by atoms with van der Waals surface area (Å²) in [5.74, 6) is -1.95. The highest BCUT2D eigenvalue weighted by Gasteiger charge is 2.30. The van der Waals surface area contributed by atoms with Crippen molar-refractivity contribution in [2.24, 2.45) is 0 Å². The zero-order valence-corrected chi connectivity index (χ0v) is 13.8. The Morgan fingerprint density at radius 3 is 2.44 bits per heavy atom. The summed E-state index contributed by atoms with van der Waals surface area (Å²) in [7, 11) is 0. The highest BCUT2D eigenvalue weighted by atomic mass is 32.2. The van der Waals surface area contributed by atoms with E-state index in [0.717, 1.165) is 30.0 Å². The summed E-state index contributed by atoms with van der Waals surface area (Å²) in [5, 5.41) is 2.39. The summed E-state index contributed by atoms with van der Waals surface area (Å²) in [4.78, 5) is 23.3. The van der Waals surface area contributed by atoms with Crippen LogP contribution in [0.1, 0.15) is 22.8 Å². The molecule has 2 aromatic carbocycles. The number of nitrogens with one attached hydrogen (secondary N) is 1. The molecule has 0 saturated carbocycles. The molecule has 0 aliphatic heterocycles. The van der Waals surface area contributed by atoms with Crippen LogP contribution in [-0.4, -0.2) is 17.4 Å². The van der Waals surface area contributed by atoms with Gasteiger partial charge in [0.05, 0.1) is 16.9 Å². The topological polar surface area (TPSA) is 46.2 Å². The van der Waals surface area contributed by atoms with Gasteiger partial charge in [0, 0.05) is 17.5 Å². The van der Waals surface area contributed by atoms with Gasteiger partial charge in [0.1, 0.15) is 5.82 Å². The Kier molecular flexibility index (Phi) is 5.84. The quantitative estimate of drug-likeness (QED) is 0.468. The molecule has 0 saturated heterocycles. The molecule has 0 aliphatic carbocycles. The van der Waals surface area contributed by atoms with Crippen molar-refractivity contribution in [3.8, 4) is 0 Å². The number of thioether (sulfide) groups is 1. The number of carbonyl (C=O) groups excluding carboxylic acids is 2. The van der Waals surface area contributed by atoms with Gasteiger partial charge in [-0.2, -0.15) is 13.2 Å². The zero-order valence-electron chi connectivity index (χ0n) is 13.0. The summed E-state index contributed by atoms with van der Waals surface area (Å²) in [5.41, 5.74) is -0.781. The van der Waals surface area contributed by atoms with Crippen molar-refractivity contribution in [3.63, 3.8) is 0 Å². The van der Waals surface area contributed by atoms with Crippen LogP contribution in [0.15, 0.2) is 47.4 Å². The van der Waals surface area contributed by atoms with Crippen LogP contribution in [0.4, 0.5) is 23.2 Å². The van der Waals surface area contributed by atoms with E-state index in [4.69, 9.17) is 0 Å². The first-order valence-corrected chi connectivity index (χ1v) is 8.06. The predicted octanol–water partition coefficient (Wildman–Crippen LogP) is 4.78. The maximum absolute atomic E-state index is 14.0. The molecular weight excluding hydrogens is 358 g/mol. The van der Waals surface area contributed by atoms with Crippen molar-refractivity contribution in [3.05, 3.63) is 59.4 Å². The Labute approximate surface area is 145 Å². The second kappa shape index (κ2) is 7.69. The third-order valence-corrected chi connectivity index (χ3v) is 4.11. The minimum Gasteiger partial charge on any atom is -0.326 e. The van der Waals surface area contributed by atoms with Gasteiger partial charge >= 0.3 is 6.18 Å². The average Bonchev–Trinajstić information content (AvgIpc) is 2.51. The smallest absolute Gasteiger partial charge is 0.326 e. The minimum atomic E-state index is -4.47. The number of alkyl halides is 3. The Morgan fingerprint density at radius 2 is 1.84 bits per heavy atom. The van der Waals surface area contributed by atoms with Crippen LogP contribution in [0.25, 0.3) is 0 Å². The van der Waals surface area contributed by atoms with E-state index in [-0.39, 0.29) is 27.8 Å². The largest absolute Gasteiger partial charge is 0.416 e. The molecule has 0 spiro atoms. The van der Waals surface area contributed by atoms with Crippen molar-refractivity contribution in [1.29, 1.82) is 0 Å². The van der Waals surface area contributed by atoms with Gasteiger partial charge < -0.3 is 5.32 Å².